The summed E-state index contributed by atoms with van der Waals surface area (Å²) < 4.78 is 7.18. The Morgan fingerprint density at radius 3 is 3.00 bits per heavy atom. The topological polar surface area (TPSA) is 78.8 Å². The molecule has 90 valence electrons. The summed E-state index contributed by atoms with van der Waals surface area (Å²) in [6, 6.07) is 3.69. The fourth-order valence-electron chi connectivity index (χ4n) is 1.37. The third-order valence-corrected chi connectivity index (χ3v) is 2.15. The van der Waals surface area contributed by atoms with Crippen molar-refractivity contribution in [3.05, 3.63) is 30.5 Å². The van der Waals surface area contributed by atoms with Gasteiger partial charge >= 0.3 is 0 Å². The Kier molecular flexibility index (Phi) is 3.66. The molecule has 0 saturated heterocycles. The molecule has 0 radical (unpaired) electrons. The highest BCUT2D eigenvalue weighted by Crippen LogP contribution is 2.18. The van der Waals surface area contributed by atoms with Gasteiger partial charge in [-0.2, -0.15) is 4.68 Å². The largest absolute Gasteiger partial charge is 0.490 e. The Morgan fingerprint density at radius 1 is 1.41 bits per heavy atom. The number of nitrogens with two attached hydrogens (primary N) is 1. The number of nitrogens with zero attached hydrogens (tertiary/aromatic N) is 4. The molecule has 0 fully saturated rings. The summed E-state index contributed by atoms with van der Waals surface area (Å²) in [6.07, 6.45) is 4.22. The van der Waals surface area contributed by atoms with Crippen LogP contribution < -0.4 is 10.5 Å². The molecule has 0 bridgehead atoms. The predicted molar refractivity (Wildman–Crippen MR) is 62.8 cm³/mol. The Morgan fingerprint density at radius 2 is 2.29 bits per heavy atom. The van der Waals surface area contributed by atoms with E-state index in [1.165, 1.54) is 0 Å². The van der Waals surface area contributed by atoms with Crippen LogP contribution in [0.25, 0.3) is 5.82 Å². The van der Waals surface area contributed by atoms with Gasteiger partial charge in [0.25, 0.3) is 0 Å². The lowest BCUT2D eigenvalue weighted by Crippen LogP contribution is -2.05. The maximum absolute atomic E-state index is 5.60. The summed E-state index contributed by atoms with van der Waals surface area (Å²) in [4.78, 5) is 8.31. The first-order valence-electron chi connectivity index (χ1n) is 5.54. The molecule has 17 heavy (non-hydrogen) atoms. The summed E-state index contributed by atoms with van der Waals surface area (Å²) >= 11 is 0. The highest BCUT2D eigenvalue weighted by molar-refractivity contribution is 5.38. The summed E-state index contributed by atoms with van der Waals surface area (Å²) in [5.74, 6) is 1.91. The van der Waals surface area contributed by atoms with Crippen molar-refractivity contribution in [2.45, 2.75) is 19.9 Å². The number of hydrogen-bond donors (Lipinski definition) is 1. The molecule has 2 rings (SSSR count). The fourth-order valence-corrected chi connectivity index (χ4v) is 1.37. The molecule has 0 unspecified atom stereocenters. The zero-order valence-electron chi connectivity index (χ0n) is 9.71. The second-order valence-electron chi connectivity index (χ2n) is 3.48. The number of hydrogen-bond acceptors (Lipinski definition) is 5. The van der Waals surface area contributed by atoms with Crippen LogP contribution in [0.15, 0.2) is 24.7 Å². The molecule has 0 aromatic carbocycles. The third-order valence-electron chi connectivity index (χ3n) is 2.15. The normalized spacial score (nSPS) is 10.5. The van der Waals surface area contributed by atoms with Crippen molar-refractivity contribution in [2.75, 3.05) is 6.61 Å². The lowest BCUT2D eigenvalue weighted by atomic mass is 10.4. The standard InChI is InChI=1S/C11H15N5O/c1-2-6-17-9-4-3-5-13-11(9)16-8-14-10(7-12)15-16/h3-5,8H,2,6-7,12H2,1H3. The van der Waals surface area contributed by atoms with Crippen LogP contribution in [0.1, 0.15) is 19.2 Å². The fraction of sp³-hybridized carbons (Fsp3) is 0.364. The van der Waals surface area contributed by atoms with E-state index in [0.29, 0.717) is 30.5 Å². The van der Waals surface area contributed by atoms with E-state index in [1.54, 1.807) is 17.2 Å². The van der Waals surface area contributed by atoms with Gasteiger partial charge in [-0.1, -0.05) is 6.92 Å². The minimum Gasteiger partial charge on any atom is -0.490 e. The molecule has 0 spiro atoms. The summed E-state index contributed by atoms with van der Waals surface area (Å²) in [5.41, 5.74) is 5.47. The molecule has 2 aromatic rings. The van der Waals surface area contributed by atoms with Gasteiger partial charge in [0.1, 0.15) is 6.33 Å². The summed E-state index contributed by atoms with van der Waals surface area (Å²) in [5, 5.41) is 4.21. The minimum absolute atomic E-state index is 0.311. The van der Waals surface area contributed by atoms with Crippen molar-refractivity contribution in [3.63, 3.8) is 0 Å². The van der Waals surface area contributed by atoms with Crippen LogP contribution in [-0.4, -0.2) is 26.4 Å². The van der Waals surface area contributed by atoms with E-state index < -0.39 is 0 Å². The molecular weight excluding hydrogens is 218 g/mol. The Labute approximate surface area is 99.4 Å². The second kappa shape index (κ2) is 5.40. The maximum atomic E-state index is 5.60. The number of ether oxygens (including phenoxy) is 1. The Bertz CT molecular complexity index is 482. The average molecular weight is 233 g/mol. The second-order valence-corrected chi connectivity index (χ2v) is 3.48. The molecule has 2 N–H and O–H groups in total. The first kappa shape index (κ1) is 11.5. The van der Waals surface area contributed by atoms with E-state index in [-0.39, 0.29) is 0 Å². The van der Waals surface area contributed by atoms with Gasteiger partial charge < -0.3 is 10.5 Å². The van der Waals surface area contributed by atoms with Crippen LogP contribution in [-0.2, 0) is 6.54 Å². The smallest absolute Gasteiger partial charge is 0.197 e. The van der Waals surface area contributed by atoms with Gasteiger partial charge in [-0.05, 0) is 18.6 Å². The van der Waals surface area contributed by atoms with Crippen molar-refractivity contribution >= 4 is 0 Å². The zero-order chi connectivity index (χ0) is 12.1. The van der Waals surface area contributed by atoms with E-state index in [2.05, 4.69) is 22.0 Å². The van der Waals surface area contributed by atoms with Crippen LogP contribution in [0.4, 0.5) is 0 Å². The molecular formula is C11H15N5O. The van der Waals surface area contributed by atoms with Crippen LogP contribution in [0.5, 0.6) is 5.75 Å². The molecule has 2 aromatic heterocycles. The van der Waals surface area contributed by atoms with E-state index in [4.69, 9.17) is 10.5 Å². The zero-order valence-corrected chi connectivity index (χ0v) is 9.71. The summed E-state index contributed by atoms with van der Waals surface area (Å²) in [6.45, 7) is 3.01. The maximum Gasteiger partial charge on any atom is 0.197 e. The molecule has 6 heteroatoms. The number of aromatic nitrogens is 4. The van der Waals surface area contributed by atoms with Crippen LogP contribution in [0, 0.1) is 0 Å². The molecule has 0 amide bonds. The van der Waals surface area contributed by atoms with Crippen molar-refractivity contribution in [1.82, 2.24) is 19.7 Å². The highest BCUT2D eigenvalue weighted by Gasteiger charge is 2.08. The Hall–Kier alpha value is -1.95. The molecule has 0 aliphatic carbocycles. The first-order chi connectivity index (χ1) is 8.35. The quantitative estimate of drug-likeness (QED) is 0.830. The van der Waals surface area contributed by atoms with Crippen LogP contribution in [0.3, 0.4) is 0 Å². The summed E-state index contributed by atoms with van der Waals surface area (Å²) in [7, 11) is 0. The number of rotatable bonds is 5. The van der Waals surface area contributed by atoms with Gasteiger partial charge in [0.05, 0.1) is 13.2 Å². The van der Waals surface area contributed by atoms with Gasteiger partial charge in [0, 0.05) is 6.20 Å². The van der Waals surface area contributed by atoms with Gasteiger partial charge in [-0.25, -0.2) is 9.97 Å². The van der Waals surface area contributed by atoms with Crippen LogP contribution in [0.2, 0.25) is 0 Å². The molecule has 0 aliphatic heterocycles. The van der Waals surface area contributed by atoms with Gasteiger partial charge in [-0.3, -0.25) is 0 Å². The molecule has 2 heterocycles. The minimum atomic E-state index is 0.311. The predicted octanol–water partition coefficient (Wildman–Crippen LogP) is 0.910. The van der Waals surface area contributed by atoms with Crippen LogP contribution >= 0.6 is 0 Å². The van der Waals surface area contributed by atoms with Crippen molar-refractivity contribution in [3.8, 4) is 11.6 Å². The van der Waals surface area contributed by atoms with E-state index in [9.17, 15) is 0 Å². The molecule has 0 atom stereocenters. The van der Waals surface area contributed by atoms with Crippen molar-refractivity contribution < 1.29 is 4.74 Å². The molecule has 0 saturated carbocycles. The van der Waals surface area contributed by atoms with Gasteiger partial charge in [-0.15, -0.1) is 5.10 Å². The van der Waals surface area contributed by atoms with Crippen molar-refractivity contribution in [2.24, 2.45) is 5.73 Å². The molecule has 0 aliphatic rings. The van der Waals surface area contributed by atoms with Gasteiger partial charge in [0.2, 0.25) is 0 Å². The van der Waals surface area contributed by atoms with E-state index >= 15 is 0 Å². The van der Waals surface area contributed by atoms with E-state index in [1.807, 2.05) is 12.1 Å². The van der Waals surface area contributed by atoms with Gasteiger partial charge in [0.15, 0.2) is 17.4 Å². The first-order valence-corrected chi connectivity index (χ1v) is 5.54. The lowest BCUT2D eigenvalue weighted by Gasteiger charge is -2.08. The highest BCUT2D eigenvalue weighted by atomic mass is 16.5. The molecule has 6 nitrogen and oxygen atoms in total. The Balaban J connectivity index is 2.30. The SMILES string of the molecule is CCCOc1cccnc1-n1cnc(CN)n1. The van der Waals surface area contributed by atoms with E-state index in [0.717, 1.165) is 6.42 Å². The third kappa shape index (κ3) is 2.59. The number of pyridine rings is 1. The van der Waals surface area contributed by atoms with Crippen molar-refractivity contribution in [1.29, 1.82) is 0 Å². The lowest BCUT2D eigenvalue weighted by molar-refractivity contribution is 0.314. The average Bonchev–Trinajstić information content (AvgIpc) is 2.85. The monoisotopic (exact) mass is 233 g/mol.